The van der Waals surface area contributed by atoms with Crippen molar-refractivity contribution in [1.82, 2.24) is 0 Å². The number of rotatable bonds is 6. The van der Waals surface area contributed by atoms with Gasteiger partial charge in [0.25, 0.3) is 0 Å². The molecule has 4 saturated carbocycles. The van der Waals surface area contributed by atoms with Crippen LogP contribution in [0.15, 0.2) is 0 Å². The highest BCUT2D eigenvalue weighted by molar-refractivity contribution is 5.84. The molecule has 0 heterocycles. The standard InChI is InChI=1S/C25H40O4/c1-16-17(2)21-13-20(16)22(24(26)28-14-18-9-5-3-6-10-18)23(21)25(27)29-15-19-11-7-4-8-12-19/h16-23H,3-15H2,1-2H3/t16?,17?,20?,21?,22-,23+. The highest BCUT2D eigenvalue weighted by Crippen LogP contribution is 2.58. The zero-order valence-corrected chi connectivity index (χ0v) is 18.4. The van der Waals surface area contributed by atoms with Crippen LogP contribution in [0.25, 0.3) is 0 Å². The zero-order valence-electron chi connectivity index (χ0n) is 18.4. The van der Waals surface area contributed by atoms with Crippen LogP contribution in [-0.2, 0) is 19.1 Å². The molecule has 0 saturated heterocycles. The number of fused-ring (bicyclic) bond motifs is 2. The van der Waals surface area contributed by atoms with Gasteiger partial charge in [0.05, 0.1) is 25.0 Å². The minimum Gasteiger partial charge on any atom is -0.465 e. The first-order valence-corrected chi connectivity index (χ1v) is 12.4. The van der Waals surface area contributed by atoms with Crippen molar-refractivity contribution in [2.24, 2.45) is 47.3 Å². The summed E-state index contributed by atoms with van der Waals surface area (Å²) < 4.78 is 11.7. The molecule has 4 rings (SSSR count). The van der Waals surface area contributed by atoms with Gasteiger partial charge in [0, 0.05) is 0 Å². The number of ether oxygens (including phenoxy) is 2. The first-order chi connectivity index (χ1) is 14.1. The summed E-state index contributed by atoms with van der Waals surface area (Å²) in [6, 6.07) is 0. The van der Waals surface area contributed by atoms with Gasteiger partial charge in [0.2, 0.25) is 0 Å². The molecule has 4 heteroatoms. The van der Waals surface area contributed by atoms with E-state index >= 15 is 0 Å². The molecule has 0 N–H and O–H groups in total. The van der Waals surface area contributed by atoms with Gasteiger partial charge in [0.15, 0.2) is 0 Å². The molecular weight excluding hydrogens is 364 g/mol. The Bertz CT molecular complexity index is 525. The Morgan fingerprint density at radius 3 is 1.41 bits per heavy atom. The second-order valence-electron chi connectivity index (χ2n) is 10.6. The normalized spacial score (nSPS) is 38.1. The molecule has 164 valence electrons. The lowest BCUT2D eigenvalue weighted by Crippen LogP contribution is -2.43. The summed E-state index contributed by atoms with van der Waals surface area (Å²) in [6.45, 7) is 5.58. The number of carbonyl (C=O) groups excluding carboxylic acids is 2. The second-order valence-corrected chi connectivity index (χ2v) is 10.6. The third-order valence-corrected chi connectivity index (χ3v) is 8.95. The monoisotopic (exact) mass is 404 g/mol. The summed E-state index contributed by atoms with van der Waals surface area (Å²) in [5, 5.41) is 0. The molecule has 0 aliphatic heterocycles. The van der Waals surface area contributed by atoms with Gasteiger partial charge in [-0.2, -0.15) is 0 Å². The maximum Gasteiger partial charge on any atom is 0.310 e. The molecular formula is C25H40O4. The average molecular weight is 405 g/mol. The van der Waals surface area contributed by atoms with Gasteiger partial charge in [-0.25, -0.2) is 0 Å². The van der Waals surface area contributed by atoms with Gasteiger partial charge < -0.3 is 9.47 Å². The highest BCUT2D eigenvalue weighted by atomic mass is 16.5. The lowest BCUT2D eigenvalue weighted by atomic mass is 9.69. The number of esters is 2. The maximum atomic E-state index is 13.1. The molecule has 0 aromatic rings. The van der Waals surface area contributed by atoms with Gasteiger partial charge in [-0.15, -0.1) is 0 Å². The summed E-state index contributed by atoms with van der Waals surface area (Å²) in [5.74, 6) is 1.73. The van der Waals surface area contributed by atoms with Gasteiger partial charge >= 0.3 is 11.9 Å². The van der Waals surface area contributed by atoms with Crippen molar-refractivity contribution in [1.29, 1.82) is 0 Å². The third kappa shape index (κ3) is 4.51. The molecule has 6 atom stereocenters. The van der Waals surface area contributed by atoms with Crippen molar-refractivity contribution >= 4 is 11.9 Å². The van der Waals surface area contributed by atoms with Crippen molar-refractivity contribution in [3.05, 3.63) is 0 Å². The third-order valence-electron chi connectivity index (χ3n) is 8.95. The van der Waals surface area contributed by atoms with E-state index in [1.165, 1.54) is 64.2 Å². The summed E-state index contributed by atoms with van der Waals surface area (Å²) in [7, 11) is 0. The van der Waals surface area contributed by atoms with Crippen LogP contribution in [0.3, 0.4) is 0 Å². The summed E-state index contributed by atoms with van der Waals surface area (Å²) >= 11 is 0. The Labute approximate surface area is 176 Å². The van der Waals surface area contributed by atoms with Crippen LogP contribution in [-0.4, -0.2) is 25.2 Å². The Kier molecular flexibility index (Phi) is 6.86. The fourth-order valence-electron chi connectivity index (χ4n) is 6.95. The molecule has 0 aromatic carbocycles. The zero-order chi connectivity index (χ0) is 20.4. The molecule has 4 aliphatic rings. The van der Waals surface area contributed by atoms with Crippen LogP contribution < -0.4 is 0 Å². The van der Waals surface area contributed by atoms with Gasteiger partial charge in [0.1, 0.15) is 0 Å². The Morgan fingerprint density at radius 2 is 1.03 bits per heavy atom. The molecule has 2 bridgehead atoms. The van der Waals surface area contributed by atoms with Crippen molar-refractivity contribution in [3.63, 3.8) is 0 Å². The molecule has 29 heavy (non-hydrogen) atoms. The Hall–Kier alpha value is -1.06. The van der Waals surface area contributed by atoms with Crippen molar-refractivity contribution < 1.29 is 19.1 Å². The molecule has 0 radical (unpaired) electrons. The molecule has 0 aromatic heterocycles. The fraction of sp³-hybridized carbons (Fsp3) is 0.920. The van der Waals surface area contributed by atoms with E-state index in [0.29, 0.717) is 36.9 Å². The summed E-state index contributed by atoms with van der Waals surface area (Å²) in [6.07, 6.45) is 13.3. The molecule has 0 spiro atoms. The van der Waals surface area contributed by atoms with Crippen molar-refractivity contribution in [2.45, 2.75) is 84.5 Å². The van der Waals surface area contributed by atoms with Crippen molar-refractivity contribution in [2.75, 3.05) is 13.2 Å². The first kappa shape index (κ1) is 21.2. The first-order valence-electron chi connectivity index (χ1n) is 12.4. The van der Waals surface area contributed by atoms with E-state index < -0.39 is 0 Å². The average Bonchev–Trinajstić information content (AvgIpc) is 3.28. The van der Waals surface area contributed by atoms with Crippen LogP contribution in [0.5, 0.6) is 0 Å². The van der Waals surface area contributed by atoms with Gasteiger partial charge in [-0.1, -0.05) is 52.4 Å². The number of carbonyl (C=O) groups is 2. The van der Waals surface area contributed by atoms with E-state index in [2.05, 4.69) is 13.8 Å². The molecule has 4 aliphatic carbocycles. The second kappa shape index (κ2) is 9.39. The largest absolute Gasteiger partial charge is 0.465 e. The number of hydrogen-bond donors (Lipinski definition) is 0. The minimum absolute atomic E-state index is 0.124. The molecule has 0 amide bonds. The molecule has 4 unspecified atom stereocenters. The van der Waals surface area contributed by atoms with Gasteiger partial charge in [-0.3, -0.25) is 9.59 Å². The summed E-state index contributed by atoms with van der Waals surface area (Å²) in [5.41, 5.74) is 0. The Morgan fingerprint density at radius 1 is 0.655 bits per heavy atom. The Balaban J connectivity index is 1.37. The predicted molar refractivity (Wildman–Crippen MR) is 112 cm³/mol. The fourth-order valence-corrected chi connectivity index (χ4v) is 6.95. The van der Waals surface area contributed by atoms with E-state index in [1.54, 1.807) is 0 Å². The maximum absolute atomic E-state index is 13.1. The van der Waals surface area contributed by atoms with Crippen LogP contribution in [0.2, 0.25) is 0 Å². The minimum atomic E-state index is -0.284. The van der Waals surface area contributed by atoms with Crippen LogP contribution in [0.1, 0.15) is 84.5 Å². The lowest BCUT2D eigenvalue weighted by Gasteiger charge is -2.36. The SMILES string of the molecule is CC1C(C)C2CC1[C@@H](C(=O)OCC1CCCCC1)[C@H]2C(=O)OCC1CCCCC1. The summed E-state index contributed by atoms with van der Waals surface area (Å²) in [4.78, 5) is 26.2. The quantitative estimate of drug-likeness (QED) is 0.557. The van der Waals surface area contributed by atoms with E-state index in [-0.39, 0.29) is 35.6 Å². The van der Waals surface area contributed by atoms with E-state index in [4.69, 9.17) is 9.47 Å². The van der Waals surface area contributed by atoms with Gasteiger partial charge in [-0.05, 0) is 67.6 Å². The number of hydrogen-bond acceptors (Lipinski definition) is 4. The van der Waals surface area contributed by atoms with Crippen LogP contribution >= 0.6 is 0 Å². The van der Waals surface area contributed by atoms with Crippen molar-refractivity contribution in [3.8, 4) is 0 Å². The van der Waals surface area contributed by atoms with E-state index in [9.17, 15) is 9.59 Å². The lowest BCUT2D eigenvalue weighted by molar-refractivity contribution is -0.167. The van der Waals surface area contributed by atoms with E-state index in [1.807, 2.05) is 0 Å². The molecule has 4 nitrogen and oxygen atoms in total. The smallest absolute Gasteiger partial charge is 0.310 e. The van der Waals surface area contributed by atoms with Crippen LogP contribution in [0.4, 0.5) is 0 Å². The molecule has 4 fully saturated rings. The highest BCUT2D eigenvalue weighted by Gasteiger charge is 2.60. The topological polar surface area (TPSA) is 52.6 Å². The van der Waals surface area contributed by atoms with E-state index in [0.717, 1.165) is 6.42 Å². The predicted octanol–water partition coefficient (Wildman–Crippen LogP) is 5.39. The van der Waals surface area contributed by atoms with Crippen LogP contribution in [0, 0.1) is 47.3 Å².